The number of carbonyl (C=O) groups excluding carboxylic acids is 2. The van der Waals surface area contributed by atoms with Crippen LogP contribution in [0.15, 0.2) is 0 Å². The van der Waals surface area contributed by atoms with Gasteiger partial charge in [0.1, 0.15) is 0 Å². The molecule has 1 atom stereocenters. The highest BCUT2D eigenvalue weighted by Crippen LogP contribution is 1.94. The summed E-state index contributed by atoms with van der Waals surface area (Å²) in [5.41, 5.74) is 5.02. The molecule has 0 rings (SSSR count). The number of unbranched alkanes of at least 4 members (excludes halogenated alkanes) is 1. The van der Waals surface area contributed by atoms with Gasteiger partial charge in [-0.25, -0.2) is 0 Å². The fourth-order valence-corrected chi connectivity index (χ4v) is 1.58. The van der Waals surface area contributed by atoms with E-state index in [9.17, 15) is 9.59 Å². The number of primary amides is 1. The second-order valence-corrected chi connectivity index (χ2v) is 4.36. The van der Waals surface area contributed by atoms with Crippen LogP contribution in [0.3, 0.4) is 0 Å². The summed E-state index contributed by atoms with van der Waals surface area (Å²) < 4.78 is 0. The molecule has 5 heteroatoms. The van der Waals surface area contributed by atoms with Crippen molar-refractivity contribution in [2.45, 2.75) is 52.0 Å². The lowest BCUT2D eigenvalue weighted by Crippen LogP contribution is -2.39. The fraction of sp³-hybridized carbons (Fsp3) is 0.833. The Bertz CT molecular complexity index is 232. The number of nitrogens with one attached hydrogen (secondary N) is 2. The van der Waals surface area contributed by atoms with Crippen LogP contribution in [0, 0.1) is 0 Å². The zero-order chi connectivity index (χ0) is 13.1. The molecule has 0 radical (unpaired) electrons. The second kappa shape index (κ2) is 10.1. The lowest BCUT2D eigenvalue weighted by molar-refractivity contribution is -0.121. The lowest BCUT2D eigenvalue weighted by atomic mass is 10.2. The zero-order valence-corrected chi connectivity index (χ0v) is 10.9. The Labute approximate surface area is 104 Å². The largest absolute Gasteiger partial charge is 0.370 e. The number of hydrogen-bond acceptors (Lipinski definition) is 3. The topological polar surface area (TPSA) is 84.2 Å². The van der Waals surface area contributed by atoms with E-state index in [-0.39, 0.29) is 17.9 Å². The highest BCUT2D eigenvalue weighted by atomic mass is 16.2. The quantitative estimate of drug-likeness (QED) is 0.489. The standard InChI is InChI=1S/C12H25N3O2/c1-3-6-10(2)15-12(17)9-14-8-5-4-7-11(13)16/h10,14H,3-9H2,1-2H3,(H2,13,16)(H,15,17). The first kappa shape index (κ1) is 15.9. The number of hydrogen-bond donors (Lipinski definition) is 3. The average Bonchev–Trinajstić information content (AvgIpc) is 2.23. The van der Waals surface area contributed by atoms with Gasteiger partial charge in [-0.05, 0) is 32.7 Å². The third-order valence-corrected chi connectivity index (χ3v) is 2.44. The van der Waals surface area contributed by atoms with Gasteiger partial charge >= 0.3 is 0 Å². The van der Waals surface area contributed by atoms with Crippen molar-refractivity contribution in [1.82, 2.24) is 10.6 Å². The van der Waals surface area contributed by atoms with E-state index in [1.54, 1.807) is 0 Å². The van der Waals surface area contributed by atoms with E-state index in [0.717, 1.165) is 32.2 Å². The monoisotopic (exact) mass is 243 g/mol. The molecule has 4 N–H and O–H groups in total. The smallest absolute Gasteiger partial charge is 0.234 e. The summed E-state index contributed by atoms with van der Waals surface area (Å²) in [6.07, 6.45) is 4.13. The highest BCUT2D eigenvalue weighted by molar-refractivity contribution is 5.78. The van der Waals surface area contributed by atoms with Crippen molar-refractivity contribution < 1.29 is 9.59 Å². The van der Waals surface area contributed by atoms with Crippen LogP contribution in [-0.2, 0) is 9.59 Å². The van der Waals surface area contributed by atoms with Gasteiger partial charge in [0.25, 0.3) is 0 Å². The summed E-state index contributed by atoms with van der Waals surface area (Å²) in [6, 6.07) is 0.240. The van der Waals surface area contributed by atoms with Gasteiger partial charge in [0.2, 0.25) is 11.8 Å². The van der Waals surface area contributed by atoms with E-state index >= 15 is 0 Å². The summed E-state index contributed by atoms with van der Waals surface area (Å²) in [4.78, 5) is 21.9. The molecule has 0 saturated carbocycles. The summed E-state index contributed by atoms with van der Waals surface area (Å²) >= 11 is 0. The summed E-state index contributed by atoms with van der Waals surface area (Å²) in [5, 5.41) is 5.96. The summed E-state index contributed by atoms with van der Waals surface area (Å²) in [6.45, 7) is 5.18. The van der Waals surface area contributed by atoms with Gasteiger partial charge in [-0.1, -0.05) is 13.3 Å². The van der Waals surface area contributed by atoms with Crippen molar-refractivity contribution in [3.05, 3.63) is 0 Å². The molecule has 5 nitrogen and oxygen atoms in total. The summed E-state index contributed by atoms with van der Waals surface area (Å²) in [7, 11) is 0. The molecule has 0 aliphatic heterocycles. The van der Waals surface area contributed by atoms with Gasteiger partial charge in [0, 0.05) is 12.5 Å². The molecule has 0 spiro atoms. The maximum Gasteiger partial charge on any atom is 0.234 e. The number of rotatable bonds is 10. The van der Waals surface area contributed by atoms with E-state index in [1.807, 2.05) is 6.92 Å². The Morgan fingerprint density at radius 3 is 2.59 bits per heavy atom. The van der Waals surface area contributed by atoms with E-state index in [4.69, 9.17) is 5.73 Å². The van der Waals surface area contributed by atoms with Crippen LogP contribution in [0.2, 0.25) is 0 Å². The maximum absolute atomic E-state index is 11.4. The van der Waals surface area contributed by atoms with Gasteiger partial charge in [0.15, 0.2) is 0 Å². The molecule has 1 unspecified atom stereocenters. The van der Waals surface area contributed by atoms with Crippen LogP contribution >= 0.6 is 0 Å². The molecule has 0 aliphatic carbocycles. The normalized spacial score (nSPS) is 12.1. The van der Waals surface area contributed by atoms with E-state index < -0.39 is 0 Å². The van der Waals surface area contributed by atoms with Crippen molar-refractivity contribution in [2.24, 2.45) is 5.73 Å². The first-order chi connectivity index (χ1) is 8.06. The SMILES string of the molecule is CCCC(C)NC(=O)CNCCCCC(N)=O. The van der Waals surface area contributed by atoms with E-state index in [1.165, 1.54) is 0 Å². The van der Waals surface area contributed by atoms with Crippen LogP contribution in [-0.4, -0.2) is 30.9 Å². The fourth-order valence-electron chi connectivity index (χ4n) is 1.58. The maximum atomic E-state index is 11.4. The van der Waals surface area contributed by atoms with Crippen LogP contribution in [0.1, 0.15) is 46.0 Å². The first-order valence-corrected chi connectivity index (χ1v) is 6.34. The van der Waals surface area contributed by atoms with Crippen LogP contribution in [0.5, 0.6) is 0 Å². The van der Waals surface area contributed by atoms with Crippen molar-refractivity contribution in [2.75, 3.05) is 13.1 Å². The second-order valence-electron chi connectivity index (χ2n) is 4.36. The van der Waals surface area contributed by atoms with Gasteiger partial charge in [-0.3, -0.25) is 9.59 Å². The van der Waals surface area contributed by atoms with E-state index in [0.29, 0.717) is 13.0 Å². The number of amides is 2. The van der Waals surface area contributed by atoms with Gasteiger partial charge in [-0.2, -0.15) is 0 Å². The first-order valence-electron chi connectivity index (χ1n) is 6.34. The minimum absolute atomic E-state index is 0.0286. The number of nitrogens with two attached hydrogens (primary N) is 1. The van der Waals surface area contributed by atoms with Crippen LogP contribution in [0.4, 0.5) is 0 Å². The average molecular weight is 243 g/mol. The molecular formula is C12H25N3O2. The molecule has 0 aromatic heterocycles. The zero-order valence-electron chi connectivity index (χ0n) is 10.9. The van der Waals surface area contributed by atoms with E-state index in [2.05, 4.69) is 17.6 Å². The minimum atomic E-state index is -0.267. The molecule has 0 fully saturated rings. The molecule has 2 amide bonds. The Morgan fingerprint density at radius 2 is 2.00 bits per heavy atom. The molecular weight excluding hydrogens is 218 g/mol. The number of carbonyl (C=O) groups is 2. The van der Waals surface area contributed by atoms with Gasteiger partial charge < -0.3 is 16.4 Å². The molecule has 0 aliphatic rings. The predicted octanol–water partition coefficient (Wildman–Crippen LogP) is 0.536. The van der Waals surface area contributed by atoms with Crippen LogP contribution < -0.4 is 16.4 Å². The highest BCUT2D eigenvalue weighted by Gasteiger charge is 2.05. The Kier molecular flexibility index (Phi) is 9.43. The van der Waals surface area contributed by atoms with Gasteiger partial charge in [-0.15, -0.1) is 0 Å². The Balaban J connectivity index is 3.36. The molecule has 0 saturated heterocycles. The Morgan fingerprint density at radius 1 is 1.29 bits per heavy atom. The minimum Gasteiger partial charge on any atom is -0.370 e. The predicted molar refractivity (Wildman–Crippen MR) is 68.4 cm³/mol. The third-order valence-electron chi connectivity index (χ3n) is 2.44. The molecule has 0 aromatic rings. The van der Waals surface area contributed by atoms with Crippen molar-refractivity contribution in [1.29, 1.82) is 0 Å². The third kappa shape index (κ3) is 11.2. The molecule has 0 bridgehead atoms. The molecule has 100 valence electrons. The van der Waals surface area contributed by atoms with Gasteiger partial charge in [0.05, 0.1) is 6.54 Å². The lowest BCUT2D eigenvalue weighted by Gasteiger charge is -2.12. The Hall–Kier alpha value is -1.10. The van der Waals surface area contributed by atoms with Crippen molar-refractivity contribution in [3.63, 3.8) is 0 Å². The van der Waals surface area contributed by atoms with Crippen LogP contribution in [0.25, 0.3) is 0 Å². The summed E-state index contributed by atoms with van der Waals surface area (Å²) in [5.74, 6) is -0.239. The molecule has 17 heavy (non-hydrogen) atoms. The molecule has 0 aromatic carbocycles. The molecule has 0 heterocycles. The van der Waals surface area contributed by atoms with Crippen molar-refractivity contribution >= 4 is 11.8 Å². The van der Waals surface area contributed by atoms with Crippen molar-refractivity contribution in [3.8, 4) is 0 Å².